The number of nitrogens with two attached hydrogens (primary N) is 1. The maximum Gasteiger partial charge on any atom is 0.119 e. The van der Waals surface area contributed by atoms with E-state index >= 15 is 0 Å². The SMILES string of the molecule is CCOc1cccc(-c2cccc(N)c2)c1. The smallest absolute Gasteiger partial charge is 0.119 e. The number of rotatable bonds is 3. The summed E-state index contributed by atoms with van der Waals surface area (Å²) in [7, 11) is 0. The van der Waals surface area contributed by atoms with Crippen LogP contribution in [-0.4, -0.2) is 6.61 Å². The van der Waals surface area contributed by atoms with Crippen molar-refractivity contribution in [2.75, 3.05) is 12.3 Å². The van der Waals surface area contributed by atoms with Crippen LogP contribution >= 0.6 is 0 Å². The minimum atomic E-state index is 0.681. The monoisotopic (exact) mass is 213 g/mol. The Morgan fingerprint density at radius 3 is 2.38 bits per heavy atom. The van der Waals surface area contributed by atoms with E-state index in [-0.39, 0.29) is 0 Å². The Bertz CT molecular complexity index is 480. The van der Waals surface area contributed by atoms with Crippen LogP contribution in [0.4, 0.5) is 5.69 Å². The first-order valence-corrected chi connectivity index (χ1v) is 5.38. The molecule has 0 atom stereocenters. The van der Waals surface area contributed by atoms with Crippen molar-refractivity contribution in [3.63, 3.8) is 0 Å². The van der Waals surface area contributed by atoms with Crippen molar-refractivity contribution in [3.05, 3.63) is 48.5 Å². The molecule has 2 rings (SSSR count). The molecule has 0 amide bonds. The van der Waals surface area contributed by atoms with Crippen molar-refractivity contribution >= 4 is 5.69 Å². The number of anilines is 1. The summed E-state index contributed by atoms with van der Waals surface area (Å²) in [6.07, 6.45) is 0. The van der Waals surface area contributed by atoms with Crippen molar-refractivity contribution in [3.8, 4) is 16.9 Å². The van der Waals surface area contributed by atoms with E-state index in [2.05, 4.69) is 6.07 Å². The van der Waals surface area contributed by atoms with Crippen LogP contribution in [0.25, 0.3) is 11.1 Å². The first-order chi connectivity index (χ1) is 7.79. The van der Waals surface area contributed by atoms with Crippen LogP contribution in [-0.2, 0) is 0 Å². The van der Waals surface area contributed by atoms with Gasteiger partial charge in [0, 0.05) is 5.69 Å². The molecular formula is C14H15NO. The van der Waals surface area contributed by atoms with E-state index in [1.54, 1.807) is 0 Å². The van der Waals surface area contributed by atoms with Gasteiger partial charge in [-0.1, -0.05) is 24.3 Å². The molecule has 0 aliphatic carbocycles. The zero-order valence-corrected chi connectivity index (χ0v) is 9.31. The van der Waals surface area contributed by atoms with Crippen LogP contribution in [0.3, 0.4) is 0 Å². The van der Waals surface area contributed by atoms with Crippen molar-refractivity contribution in [2.45, 2.75) is 6.92 Å². The number of nitrogen functional groups attached to an aromatic ring is 1. The summed E-state index contributed by atoms with van der Waals surface area (Å²) in [5.74, 6) is 0.891. The van der Waals surface area contributed by atoms with Crippen LogP contribution in [0.15, 0.2) is 48.5 Å². The van der Waals surface area contributed by atoms with Crippen LogP contribution < -0.4 is 10.5 Å². The van der Waals surface area contributed by atoms with E-state index < -0.39 is 0 Å². The molecule has 0 saturated carbocycles. The maximum atomic E-state index is 5.76. The van der Waals surface area contributed by atoms with E-state index in [0.29, 0.717) is 6.61 Å². The summed E-state index contributed by atoms with van der Waals surface area (Å²) in [5.41, 5.74) is 8.77. The highest BCUT2D eigenvalue weighted by Gasteiger charge is 1.99. The molecule has 82 valence electrons. The molecule has 0 aliphatic heterocycles. The highest BCUT2D eigenvalue weighted by Crippen LogP contribution is 2.25. The third-order valence-corrected chi connectivity index (χ3v) is 2.37. The van der Waals surface area contributed by atoms with Crippen LogP contribution in [0.1, 0.15) is 6.92 Å². The third-order valence-electron chi connectivity index (χ3n) is 2.37. The summed E-state index contributed by atoms with van der Waals surface area (Å²) in [4.78, 5) is 0. The number of hydrogen-bond acceptors (Lipinski definition) is 2. The highest BCUT2D eigenvalue weighted by atomic mass is 16.5. The van der Waals surface area contributed by atoms with Gasteiger partial charge >= 0.3 is 0 Å². The molecule has 0 fully saturated rings. The molecule has 0 aliphatic rings. The molecule has 2 aromatic carbocycles. The lowest BCUT2D eigenvalue weighted by molar-refractivity contribution is 0.340. The van der Waals surface area contributed by atoms with Gasteiger partial charge < -0.3 is 10.5 Å². The molecule has 16 heavy (non-hydrogen) atoms. The molecule has 0 spiro atoms. The molecule has 0 bridgehead atoms. The van der Waals surface area contributed by atoms with Gasteiger partial charge in [-0.25, -0.2) is 0 Å². The minimum Gasteiger partial charge on any atom is -0.494 e. The molecule has 2 N–H and O–H groups in total. The fourth-order valence-electron chi connectivity index (χ4n) is 1.65. The van der Waals surface area contributed by atoms with E-state index in [9.17, 15) is 0 Å². The molecule has 0 aromatic heterocycles. The van der Waals surface area contributed by atoms with Gasteiger partial charge in [0.05, 0.1) is 6.61 Å². The number of hydrogen-bond donors (Lipinski definition) is 1. The lowest BCUT2D eigenvalue weighted by Gasteiger charge is -2.06. The number of benzene rings is 2. The predicted molar refractivity (Wildman–Crippen MR) is 67.5 cm³/mol. The van der Waals surface area contributed by atoms with Crippen molar-refractivity contribution in [2.24, 2.45) is 0 Å². The molecule has 2 aromatic rings. The van der Waals surface area contributed by atoms with E-state index in [1.807, 2.05) is 49.4 Å². The highest BCUT2D eigenvalue weighted by molar-refractivity contribution is 5.68. The lowest BCUT2D eigenvalue weighted by atomic mass is 10.1. The standard InChI is InChI=1S/C14H15NO/c1-2-16-14-8-4-6-12(10-14)11-5-3-7-13(15)9-11/h3-10H,2,15H2,1H3. The summed E-state index contributed by atoms with van der Waals surface area (Å²) >= 11 is 0. The first kappa shape index (κ1) is 10.6. The summed E-state index contributed by atoms with van der Waals surface area (Å²) in [6.45, 7) is 2.66. The topological polar surface area (TPSA) is 35.2 Å². The van der Waals surface area contributed by atoms with E-state index in [4.69, 9.17) is 10.5 Å². The van der Waals surface area contributed by atoms with Gasteiger partial charge in [0.2, 0.25) is 0 Å². The van der Waals surface area contributed by atoms with Gasteiger partial charge in [-0.2, -0.15) is 0 Å². The zero-order valence-electron chi connectivity index (χ0n) is 9.31. The fourth-order valence-corrected chi connectivity index (χ4v) is 1.65. The van der Waals surface area contributed by atoms with Gasteiger partial charge in [0.25, 0.3) is 0 Å². The van der Waals surface area contributed by atoms with Crippen LogP contribution in [0.5, 0.6) is 5.75 Å². The number of ether oxygens (including phenoxy) is 1. The van der Waals surface area contributed by atoms with Crippen LogP contribution in [0, 0.1) is 0 Å². The Morgan fingerprint density at radius 1 is 1.00 bits per heavy atom. The summed E-state index contributed by atoms with van der Waals surface area (Å²) in [6, 6.07) is 15.9. The second-order valence-electron chi connectivity index (χ2n) is 3.59. The van der Waals surface area contributed by atoms with E-state index in [0.717, 1.165) is 22.6 Å². The first-order valence-electron chi connectivity index (χ1n) is 5.38. The Morgan fingerprint density at radius 2 is 1.69 bits per heavy atom. The average molecular weight is 213 g/mol. The second kappa shape index (κ2) is 4.71. The quantitative estimate of drug-likeness (QED) is 0.794. The molecular weight excluding hydrogens is 198 g/mol. The van der Waals surface area contributed by atoms with Gasteiger partial charge in [-0.05, 0) is 42.3 Å². The molecule has 2 heteroatoms. The van der Waals surface area contributed by atoms with Gasteiger partial charge in [0.1, 0.15) is 5.75 Å². The van der Waals surface area contributed by atoms with Gasteiger partial charge in [-0.15, -0.1) is 0 Å². The maximum absolute atomic E-state index is 5.76. The summed E-state index contributed by atoms with van der Waals surface area (Å²) in [5, 5.41) is 0. The lowest BCUT2D eigenvalue weighted by Crippen LogP contribution is -1.91. The van der Waals surface area contributed by atoms with Gasteiger partial charge in [0.15, 0.2) is 0 Å². The second-order valence-corrected chi connectivity index (χ2v) is 3.59. The average Bonchev–Trinajstić information content (AvgIpc) is 2.30. The Hall–Kier alpha value is -1.96. The molecule has 0 unspecified atom stereocenters. The predicted octanol–water partition coefficient (Wildman–Crippen LogP) is 3.33. The third kappa shape index (κ3) is 2.34. The molecule has 0 radical (unpaired) electrons. The Balaban J connectivity index is 2.36. The molecule has 0 saturated heterocycles. The van der Waals surface area contributed by atoms with Gasteiger partial charge in [-0.3, -0.25) is 0 Å². The van der Waals surface area contributed by atoms with E-state index in [1.165, 1.54) is 0 Å². The Kier molecular flexibility index (Phi) is 3.10. The largest absolute Gasteiger partial charge is 0.494 e. The molecule has 0 heterocycles. The zero-order chi connectivity index (χ0) is 11.4. The minimum absolute atomic E-state index is 0.681. The Labute approximate surface area is 95.7 Å². The molecule has 2 nitrogen and oxygen atoms in total. The fraction of sp³-hybridized carbons (Fsp3) is 0.143. The van der Waals surface area contributed by atoms with Crippen molar-refractivity contribution in [1.82, 2.24) is 0 Å². The normalized spacial score (nSPS) is 10.1. The summed E-state index contributed by atoms with van der Waals surface area (Å²) < 4.78 is 5.47. The van der Waals surface area contributed by atoms with Crippen molar-refractivity contribution in [1.29, 1.82) is 0 Å². The van der Waals surface area contributed by atoms with Crippen molar-refractivity contribution < 1.29 is 4.74 Å². The van der Waals surface area contributed by atoms with Crippen LogP contribution in [0.2, 0.25) is 0 Å².